The quantitative estimate of drug-likeness (QED) is 0.897. The van der Waals surface area contributed by atoms with Gasteiger partial charge in [-0.15, -0.1) is 0 Å². The average molecular weight is 277 g/mol. The van der Waals surface area contributed by atoms with E-state index in [-0.39, 0.29) is 6.04 Å². The summed E-state index contributed by atoms with van der Waals surface area (Å²) < 4.78 is 5.29. The van der Waals surface area contributed by atoms with E-state index in [1.807, 2.05) is 12.1 Å². The zero-order valence-electron chi connectivity index (χ0n) is 13.1. The highest BCUT2D eigenvalue weighted by Crippen LogP contribution is 2.35. The van der Waals surface area contributed by atoms with E-state index in [4.69, 9.17) is 4.74 Å². The topological polar surface area (TPSA) is 32.7 Å². The molecule has 0 spiro atoms. The SMILES string of the molecule is CCC(CC)N(C)C1CCc2ccc(OC)cc2C1O. The fourth-order valence-corrected chi connectivity index (χ4v) is 3.43. The number of hydrogen-bond donors (Lipinski definition) is 1. The lowest BCUT2D eigenvalue weighted by Crippen LogP contribution is -2.45. The number of hydrogen-bond acceptors (Lipinski definition) is 3. The van der Waals surface area contributed by atoms with E-state index in [1.165, 1.54) is 5.56 Å². The number of fused-ring (bicyclic) bond motifs is 1. The Balaban J connectivity index is 2.23. The Morgan fingerprint density at radius 3 is 2.65 bits per heavy atom. The number of rotatable bonds is 5. The lowest BCUT2D eigenvalue weighted by atomic mass is 9.84. The number of aryl methyl sites for hydroxylation is 1. The first-order valence-electron chi connectivity index (χ1n) is 7.69. The number of aliphatic hydroxyl groups is 1. The summed E-state index contributed by atoms with van der Waals surface area (Å²) in [6, 6.07) is 6.81. The number of likely N-dealkylation sites (N-methyl/N-ethyl adjacent to an activating group) is 1. The maximum Gasteiger partial charge on any atom is 0.119 e. The van der Waals surface area contributed by atoms with E-state index in [9.17, 15) is 5.11 Å². The summed E-state index contributed by atoms with van der Waals surface area (Å²) in [6.45, 7) is 4.44. The van der Waals surface area contributed by atoms with Gasteiger partial charge in [0.2, 0.25) is 0 Å². The highest BCUT2D eigenvalue weighted by Gasteiger charge is 2.33. The Morgan fingerprint density at radius 1 is 1.35 bits per heavy atom. The minimum atomic E-state index is -0.417. The minimum Gasteiger partial charge on any atom is -0.497 e. The first-order chi connectivity index (χ1) is 9.62. The highest BCUT2D eigenvalue weighted by molar-refractivity contribution is 5.39. The molecule has 0 saturated heterocycles. The van der Waals surface area contributed by atoms with Gasteiger partial charge in [0, 0.05) is 12.1 Å². The number of benzene rings is 1. The van der Waals surface area contributed by atoms with Gasteiger partial charge in [-0.05, 0) is 56.0 Å². The van der Waals surface area contributed by atoms with Crippen LogP contribution in [0.15, 0.2) is 18.2 Å². The Labute approximate surface area is 122 Å². The van der Waals surface area contributed by atoms with Crippen molar-refractivity contribution < 1.29 is 9.84 Å². The molecule has 1 aromatic carbocycles. The second kappa shape index (κ2) is 6.59. The van der Waals surface area contributed by atoms with Gasteiger partial charge in [0.1, 0.15) is 5.75 Å². The van der Waals surface area contributed by atoms with Gasteiger partial charge in [0.15, 0.2) is 0 Å². The summed E-state index contributed by atoms with van der Waals surface area (Å²) in [5, 5.41) is 10.8. The van der Waals surface area contributed by atoms with Crippen molar-refractivity contribution >= 4 is 0 Å². The van der Waals surface area contributed by atoms with Crippen LogP contribution in [0.3, 0.4) is 0 Å². The van der Waals surface area contributed by atoms with Crippen LogP contribution in [-0.2, 0) is 6.42 Å². The molecule has 0 aliphatic heterocycles. The number of aliphatic hydroxyl groups excluding tert-OH is 1. The van der Waals surface area contributed by atoms with Crippen LogP contribution in [0.2, 0.25) is 0 Å². The van der Waals surface area contributed by atoms with Gasteiger partial charge in [0.25, 0.3) is 0 Å². The first kappa shape index (κ1) is 15.3. The van der Waals surface area contributed by atoms with Crippen molar-refractivity contribution in [2.24, 2.45) is 0 Å². The van der Waals surface area contributed by atoms with Gasteiger partial charge >= 0.3 is 0 Å². The fraction of sp³-hybridized carbons (Fsp3) is 0.647. The number of ether oxygens (including phenoxy) is 1. The average Bonchev–Trinajstić information content (AvgIpc) is 2.48. The van der Waals surface area contributed by atoms with Crippen LogP contribution in [0.1, 0.15) is 50.3 Å². The summed E-state index contributed by atoms with van der Waals surface area (Å²) in [4.78, 5) is 2.37. The van der Waals surface area contributed by atoms with E-state index in [0.29, 0.717) is 6.04 Å². The van der Waals surface area contributed by atoms with Crippen LogP contribution in [-0.4, -0.2) is 36.2 Å². The largest absolute Gasteiger partial charge is 0.497 e. The molecule has 2 atom stereocenters. The van der Waals surface area contributed by atoms with Crippen molar-refractivity contribution in [1.29, 1.82) is 0 Å². The smallest absolute Gasteiger partial charge is 0.119 e. The molecule has 2 rings (SSSR count). The molecule has 3 nitrogen and oxygen atoms in total. The van der Waals surface area contributed by atoms with E-state index in [2.05, 4.69) is 31.9 Å². The molecule has 0 aromatic heterocycles. The Morgan fingerprint density at radius 2 is 2.05 bits per heavy atom. The number of nitrogens with zero attached hydrogens (tertiary/aromatic N) is 1. The van der Waals surface area contributed by atoms with E-state index < -0.39 is 6.10 Å². The van der Waals surface area contributed by atoms with Crippen LogP contribution in [0.25, 0.3) is 0 Å². The normalized spacial score (nSPS) is 22.1. The van der Waals surface area contributed by atoms with Crippen LogP contribution >= 0.6 is 0 Å². The lowest BCUT2D eigenvalue weighted by molar-refractivity contribution is 0.0257. The third-order valence-corrected chi connectivity index (χ3v) is 4.79. The van der Waals surface area contributed by atoms with Crippen LogP contribution in [0, 0.1) is 0 Å². The molecule has 3 heteroatoms. The van der Waals surface area contributed by atoms with Crippen molar-refractivity contribution in [3.8, 4) is 5.75 Å². The summed E-state index contributed by atoms with van der Waals surface area (Å²) >= 11 is 0. The first-order valence-corrected chi connectivity index (χ1v) is 7.69. The van der Waals surface area contributed by atoms with Crippen LogP contribution in [0.5, 0.6) is 5.75 Å². The molecule has 1 aliphatic rings. The van der Waals surface area contributed by atoms with Gasteiger partial charge in [-0.25, -0.2) is 0 Å². The molecule has 0 amide bonds. The van der Waals surface area contributed by atoms with Gasteiger partial charge in [-0.1, -0.05) is 19.9 Å². The van der Waals surface area contributed by atoms with E-state index in [0.717, 1.165) is 37.0 Å². The van der Waals surface area contributed by atoms with E-state index in [1.54, 1.807) is 7.11 Å². The zero-order valence-corrected chi connectivity index (χ0v) is 13.1. The molecule has 0 radical (unpaired) electrons. The summed E-state index contributed by atoms with van der Waals surface area (Å²) in [5.74, 6) is 0.827. The summed E-state index contributed by atoms with van der Waals surface area (Å²) in [6.07, 6.45) is 3.89. The molecular formula is C17H27NO2. The molecule has 0 bridgehead atoms. The third kappa shape index (κ3) is 2.84. The predicted molar refractivity (Wildman–Crippen MR) is 82.2 cm³/mol. The predicted octanol–water partition coefficient (Wildman–Crippen LogP) is 3.16. The van der Waals surface area contributed by atoms with Crippen LogP contribution < -0.4 is 4.74 Å². The standard InChI is InChI=1S/C17H27NO2/c1-5-13(6-2)18(3)16-10-8-12-7-9-14(20-4)11-15(12)17(16)19/h7,9,11,13,16-17,19H,5-6,8,10H2,1-4H3. The maximum absolute atomic E-state index is 10.8. The Bertz CT molecular complexity index is 443. The number of methoxy groups -OCH3 is 1. The molecule has 1 aliphatic carbocycles. The molecule has 1 aromatic rings. The van der Waals surface area contributed by atoms with Crippen molar-refractivity contribution in [3.05, 3.63) is 29.3 Å². The summed E-state index contributed by atoms with van der Waals surface area (Å²) in [7, 11) is 3.82. The molecule has 0 saturated carbocycles. The monoisotopic (exact) mass is 277 g/mol. The lowest BCUT2D eigenvalue weighted by Gasteiger charge is -2.40. The van der Waals surface area contributed by atoms with Crippen molar-refractivity contribution in [2.45, 2.75) is 57.7 Å². The third-order valence-electron chi connectivity index (χ3n) is 4.79. The molecule has 2 unspecified atom stereocenters. The molecule has 112 valence electrons. The molecule has 20 heavy (non-hydrogen) atoms. The maximum atomic E-state index is 10.8. The van der Waals surface area contributed by atoms with Gasteiger partial charge in [-0.2, -0.15) is 0 Å². The second-order valence-electron chi connectivity index (χ2n) is 5.75. The van der Waals surface area contributed by atoms with Crippen molar-refractivity contribution in [2.75, 3.05) is 14.2 Å². The molecular weight excluding hydrogens is 250 g/mol. The minimum absolute atomic E-state index is 0.208. The van der Waals surface area contributed by atoms with Gasteiger partial charge in [0.05, 0.1) is 13.2 Å². The second-order valence-corrected chi connectivity index (χ2v) is 5.75. The van der Waals surface area contributed by atoms with Crippen LogP contribution in [0.4, 0.5) is 0 Å². The Kier molecular flexibility index (Phi) is 5.06. The summed E-state index contributed by atoms with van der Waals surface area (Å²) in [5.41, 5.74) is 2.30. The van der Waals surface area contributed by atoms with E-state index >= 15 is 0 Å². The fourth-order valence-electron chi connectivity index (χ4n) is 3.43. The molecule has 0 fully saturated rings. The van der Waals surface area contributed by atoms with Gasteiger partial charge in [-0.3, -0.25) is 4.90 Å². The van der Waals surface area contributed by atoms with Crippen molar-refractivity contribution in [1.82, 2.24) is 4.90 Å². The zero-order chi connectivity index (χ0) is 14.7. The van der Waals surface area contributed by atoms with Crippen molar-refractivity contribution in [3.63, 3.8) is 0 Å². The molecule has 0 heterocycles. The Hall–Kier alpha value is -1.06. The highest BCUT2D eigenvalue weighted by atomic mass is 16.5. The van der Waals surface area contributed by atoms with Gasteiger partial charge < -0.3 is 9.84 Å². The molecule has 1 N–H and O–H groups in total.